The van der Waals surface area contributed by atoms with Crippen molar-refractivity contribution in [3.8, 4) is 0 Å². The Balaban J connectivity index is 2.45. The van der Waals surface area contributed by atoms with Gasteiger partial charge in [0, 0.05) is 41.2 Å². The van der Waals surface area contributed by atoms with Crippen LogP contribution in [0.3, 0.4) is 0 Å². The molecule has 13 heavy (non-hydrogen) atoms. The van der Waals surface area contributed by atoms with Crippen molar-refractivity contribution in [1.82, 2.24) is 9.97 Å². The molecular formula is C8H13N3OS. The maximum Gasteiger partial charge on any atom is 0.222 e. The SMILES string of the molecule is CC(CS(C)=O)Nc1ncccn1. The molecule has 4 nitrogen and oxygen atoms in total. The van der Waals surface area contributed by atoms with Crippen molar-refractivity contribution in [2.24, 2.45) is 0 Å². The third kappa shape index (κ3) is 3.98. The van der Waals surface area contributed by atoms with Gasteiger partial charge in [-0.3, -0.25) is 4.21 Å². The van der Waals surface area contributed by atoms with Crippen molar-refractivity contribution >= 4 is 16.7 Å². The molecule has 0 saturated carbocycles. The van der Waals surface area contributed by atoms with Crippen LogP contribution in [0, 0.1) is 0 Å². The van der Waals surface area contributed by atoms with Gasteiger partial charge in [-0.1, -0.05) is 0 Å². The van der Waals surface area contributed by atoms with Crippen LogP contribution in [0.2, 0.25) is 0 Å². The van der Waals surface area contributed by atoms with Gasteiger partial charge in [-0.05, 0) is 13.0 Å². The van der Waals surface area contributed by atoms with Crippen molar-refractivity contribution < 1.29 is 4.21 Å². The van der Waals surface area contributed by atoms with E-state index in [0.29, 0.717) is 11.7 Å². The van der Waals surface area contributed by atoms with Crippen molar-refractivity contribution in [1.29, 1.82) is 0 Å². The fraction of sp³-hybridized carbons (Fsp3) is 0.500. The summed E-state index contributed by atoms with van der Waals surface area (Å²) in [5.74, 6) is 1.19. The second-order valence-corrected chi connectivity index (χ2v) is 4.34. The van der Waals surface area contributed by atoms with Gasteiger partial charge in [-0.25, -0.2) is 9.97 Å². The predicted octanol–water partition coefficient (Wildman–Crippen LogP) is 0.655. The molecule has 0 saturated heterocycles. The van der Waals surface area contributed by atoms with E-state index in [4.69, 9.17) is 0 Å². The zero-order chi connectivity index (χ0) is 9.68. The number of nitrogens with zero attached hydrogens (tertiary/aromatic N) is 2. The highest BCUT2D eigenvalue weighted by atomic mass is 32.2. The van der Waals surface area contributed by atoms with Crippen molar-refractivity contribution in [2.75, 3.05) is 17.3 Å². The largest absolute Gasteiger partial charge is 0.351 e. The normalized spacial score (nSPS) is 14.9. The number of hydrogen-bond acceptors (Lipinski definition) is 4. The number of hydrogen-bond donors (Lipinski definition) is 1. The van der Waals surface area contributed by atoms with E-state index >= 15 is 0 Å². The summed E-state index contributed by atoms with van der Waals surface area (Å²) in [6.45, 7) is 1.96. The minimum atomic E-state index is -0.787. The second kappa shape index (κ2) is 4.91. The van der Waals surface area contributed by atoms with Crippen molar-refractivity contribution in [2.45, 2.75) is 13.0 Å². The maximum absolute atomic E-state index is 10.9. The van der Waals surface area contributed by atoms with Gasteiger partial charge in [0.05, 0.1) is 0 Å². The van der Waals surface area contributed by atoms with Crippen LogP contribution >= 0.6 is 0 Å². The number of rotatable bonds is 4. The summed E-state index contributed by atoms with van der Waals surface area (Å²) in [6.07, 6.45) is 5.03. The van der Waals surface area contributed by atoms with Gasteiger partial charge in [-0.15, -0.1) is 0 Å². The van der Waals surface area contributed by atoms with Crippen LogP contribution in [0.4, 0.5) is 5.95 Å². The average molecular weight is 199 g/mol. The smallest absolute Gasteiger partial charge is 0.222 e. The Hall–Kier alpha value is -0.970. The Kier molecular flexibility index (Phi) is 3.82. The summed E-state index contributed by atoms with van der Waals surface area (Å²) in [5, 5.41) is 3.06. The molecule has 0 aliphatic carbocycles. The van der Waals surface area contributed by atoms with E-state index in [2.05, 4.69) is 15.3 Å². The Morgan fingerprint density at radius 1 is 1.54 bits per heavy atom. The summed E-state index contributed by atoms with van der Waals surface area (Å²) >= 11 is 0. The minimum Gasteiger partial charge on any atom is -0.351 e. The Morgan fingerprint density at radius 3 is 2.69 bits per heavy atom. The summed E-state index contributed by atoms with van der Waals surface area (Å²) in [6, 6.07) is 1.89. The monoisotopic (exact) mass is 199 g/mol. The third-order valence-electron chi connectivity index (χ3n) is 1.43. The van der Waals surface area contributed by atoms with Crippen LogP contribution in [-0.2, 0) is 10.8 Å². The predicted molar refractivity (Wildman–Crippen MR) is 54.1 cm³/mol. The molecular weight excluding hydrogens is 186 g/mol. The topological polar surface area (TPSA) is 54.9 Å². The zero-order valence-corrected chi connectivity index (χ0v) is 8.54. The van der Waals surface area contributed by atoms with E-state index in [0.717, 1.165) is 0 Å². The molecule has 2 atom stereocenters. The quantitative estimate of drug-likeness (QED) is 0.773. The van der Waals surface area contributed by atoms with E-state index in [-0.39, 0.29) is 6.04 Å². The first-order valence-corrected chi connectivity index (χ1v) is 5.75. The lowest BCUT2D eigenvalue weighted by Crippen LogP contribution is -2.23. The molecule has 1 heterocycles. The molecule has 72 valence electrons. The van der Waals surface area contributed by atoms with Gasteiger partial charge >= 0.3 is 0 Å². The van der Waals surface area contributed by atoms with E-state index in [1.807, 2.05) is 6.92 Å². The van der Waals surface area contributed by atoms with Crippen LogP contribution in [0.25, 0.3) is 0 Å². The molecule has 1 aromatic heterocycles. The van der Waals surface area contributed by atoms with E-state index in [9.17, 15) is 4.21 Å². The van der Waals surface area contributed by atoms with Gasteiger partial charge < -0.3 is 5.32 Å². The van der Waals surface area contributed by atoms with Gasteiger partial charge in [0.25, 0.3) is 0 Å². The van der Waals surface area contributed by atoms with E-state index in [1.165, 1.54) is 0 Å². The van der Waals surface area contributed by atoms with Gasteiger partial charge in [0.15, 0.2) is 0 Å². The second-order valence-electron chi connectivity index (χ2n) is 2.86. The molecule has 0 amide bonds. The summed E-state index contributed by atoms with van der Waals surface area (Å²) in [4.78, 5) is 8.01. The molecule has 1 rings (SSSR count). The first-order valence-electron chi connectivity index (χ1n) is 4.02. The molecule has 0 radical (unpaired) electrons. The third-order valence-corrected chi connectivity index (χ3v) is 2.40. The molecule has 1 aromatic rings. The Morgan fingerprint density at radius 2 is 2.15 bits per heavy atom. The molecule has 5 heteroatoms. The summed E-state index contributed by atoms with van der Waals surface area (Å²) in [7, 11) is -0.787. The van der Waals surface area contributed by atoms with Gasteiger partial charge in [0.1, 0.15) is 0 Å². The average Bonchev–Trinajstić information content (AvgIpc) is 2.04. The minimum absolute atomic E-state index is 0.133. The highest BCUT2D eigenvalue weighted by Gasteiger charge is 2.04. The first kappa shape index (κ1) is 10.1. The highest BCUT2D eigenvalue weighted by molar-refractivity contribution is 7.84. The Bertz CT molecular complexity index is 278. The first-order chi connectivity index (χ1) is 6.18. The fourth-order valence-electron chi connectivity index (χ4n) is 0.988. The lowest BCUT2D eigenvalue weighted by molar-refractivity contribution is 0.682. The molecule has 0 bridgehead atoms. The number of nitrogens with one attached hydrogen (secondary N) is 1. The van der Waals surface area contributed by atoms with Crippen LogP contribution in [0.15, 0.2) is 18.5 Å². The standard InChI is InChI=1S/C8H13N3OS/c1-7(6-13(2)12)11-8-9-4-3-5-10-8/h3-5,7H,6H2,1-2H3,(H,9,10,11). The van der Waals surface area contributed by atoms with E-state index < -0.39 is 10.8 Å². The zero-order valence-electron chi connectivity index (χ0n) is 7.73. The Labute approximate surface area is 80.3 Å². The van der Waals surface area contributed by atoms with E-state index in [1.54, 1.807) is 24.7 Å². The molecule has 0 aromatic carbocycles. The summed E-state index contributed by atoms with van der Waals surface area (Å²) in [5.41, 5.74) is 0. The number of anilines is 1. The lowest BCUT2D eigenvalue weighted by Gasteiger charge is -2.11. The highest BCUT2D eigenvalue weighted by Crippen LogP contribution is 1.98. The lowest BCUT2D eigenvalue weighted by atomic mass is 10.4. The maximum atomic E-state index is 10.9. The van der Waals surface area contributed by atoms with Gasteiger partial charge in [-0.2, -0.15) is 0 Å². The molecule has 0 spiro atoms. The fourth-order valence-corrected chi connectivity index (χ4v) is 1.78. The molecule has 1 N–H and O–H groups in total. The number of aromatic nitrogens is 2. The van der Waals surface area contributed by atoms with Crippen molar-refractivity contribution in [3.05, 3.63) is 18.5 Å². The van der Waals surface area contributed by atoms with Crippen LogP contribution in [0.1, 0.15) is 6.92 Å². The molecule has 0 aliphatic heterocycles. The molecule has 0 aliphatic rings. The van der Waals surface area contributed by atoms with Crippen molar-refractivity contribution in [3.63, 3.8) is 0 Å². The van der Waals surface area contributed by atoms with Crippen LogP contribution in [0.5, 0.6) is 0 Å². The molecule has 0 fully saturated rings. The van der Waals surface area contributed by atoms with Gasteiger partial charge in [0.2, 0.25) is 5.95 Å². The molecule has 2 unspecified atom stereocenters. The van der Waals surface area contributed by atoms with Crippen LogP contribution < -0.4 is 5.32 Å². The summed E-state index contributed by atoms with van der Waals surface area (Å²) < 4.78 is 10.9. The van der Waals surface area contributed by atoms with Crippen LogP contribution in [-0.4, -0.2) is 32.2 Å².